The zero-order valence-corrected chi connectivity index (χ0v) is 10.8. The molecule has 1 rings (SSSR count). The Balaban J connectivity index is 1.99. The number of ether oxygens (including phenoxy) is 2. The second-order valence-electron chi connectivity index (χ2n) is 4.96. The van der Waals surface area contributed by atoms with Crippen LogP contribution in [0.2, 0.25) is 0 Å². The molecule has 2 unspecified atom stereocenters. The lowest BCUT2D eigenvalue weighted by Crippen LogP contribution is -2.48. The molecule has 1 fully saturated rings. The van der Waals surface area contributed by atoms with Gasteiger partial charge >= 0.3 is 0 Å². The first-order valence-corrected chi connectivity index (χ1v) is 6.27. The number of rotatable bonds is 9. The maximum atomic E-state index is 9.82. The fourth-order valence-corrected chi connectivity index (χ4v) is 1.85. The minimum atomic E-state index is -0.544. The van der Waals surface area contributed by atoms with Crippen molar-refractivity contribution in [1.29, 1.82) is 0 Å². The van der Waals surface area contributed by atoms with Crippen LogP contribution in [-0.4, -0.2) is 61.4 Å². The van der Waals surface area contributed by atoms with E-state index in [0.29, 0.717) is 19.7 Å². The summed E-state index contributed by atoms with van der Waals surface area (Å²) >= 11 is 0. The monoisotopic (exact) mass is 247 g/mol. The molecule has 0 aliphatic heterocycles. The molecule has 0 bridgehead atoms. The van der Waals surface area contributed by atoms with Crippen molar-refractivity contribution < 1.29 is 19.7 Å². The minimum Gasteiger partial charge on any atom is -0.389 e. The van der Waals surface area contributed by atoms with Crippen LogP contribution in [0.4, 0.5) is 0 Å². The summed E-state index contributed by atoms with van der Waals surface area (Å²) in [6, 6.07) is 0. The normalized spacial score (nSPS) is 21.9. The Morgan fingerprint density at radius 1 is 1.35 bits per heavy atom. The van der Waals surface area contributed by atoms with Crippen LogP contribution in [0.25, 0.3) is 0 Å². The molecule has 1 aliphatic rings. The number of methoxy groups -OCH3 is 1. The van der Waals surface area contributed by atoms with Gasteiger partial charge in [0.25, 0.3) is 0 Å². The molecule has 5 heteroatoms. The third kappa shape index (κ3) is 5.79. The zero-order valence-electron chi connectivity index (χ0n) is 10.8. The van der Waals surface area contributed by atoms with Gasteiger partial charge in [0.1, 0.15) is 0 Å². The van der Waals surface area contributed by atoms with E-state index in [1.54, 1.807) is 7.11 Å². The SMILES string of the molecule is COCC(C)OCC(O)CNCC1(O)CCC1. The molecule has 2 atom stereocenters. The first-order valence-electron chi connectivity index (χ1n) is 6.27. The quantitative estimate of drug-likeness (QED) is 0.531. The maximum absolute atomic E-state index is 9.82. The number of nitrogens with one attached hydrogen (secondary N) is 1. The van der Waals surface area contributed by atoms with Crippen LogP contribution in [0.5, 0.6) is 0 Å². The van der Waals surface area contributed by atoms with E-state index in [1.165, 1.54) is 0 Å². The highest BCUT2D eigenvalue weighted by molar-refractivity contribution is 4.89. The van der Waals surface area contributed by atoms with Gasteiger partial charge < -0.3 is 25.0 Å². The fraction of sp³-hybridized carbons (Fsp3) is 1.00. The summed E-state index contributed by atoms with van der Waals surface area (Å²) in [7, 11) is 1.62. The Morgan fingerprint density at radius 3 is 2.59 bits per heavy atom. The lowest BCUT2D eigenvalue weighted by atomic mass is 9.80. The third-order valence-electron chi connectivity index (χ3n) is 3.09. The third-order valence-corrected chi connectivity index (χ3v) is 3.09. The van der Waals surface area contributed by atoms with Gasteiger partial charge in [-0.1, -0.05) is 0 Å². The summed E-state index contributed by atoms with van der Waals surface area (Å²) in [6.45, 7) is 3.72. The van der Waals surface area contributed by atoms with Crippen LogP contribution < -0.4 is 5.32 Å². The molecule has 0 spiro atoms. The van der Waals surface area contributed by atoms with Gasteiger partial charge in [-0.15, -0.1) is 0 Å². The van der Waals surface area contributed by atoms with Gasteiger partial charge in [0.05, 0.1) is 31.0 Å². The second-order valence-corrected chi connectivity index (χ2v) is 4.96. The van der Waals surface area contributed by atoms with Crippen molar-refractivity contribution >= 4 is 0 Å². The Bertz CT molecular complexity index is 209. The van der Waals surface area contributed by atoms with E-state index in [1.807, 2.05) is 6.92 Å². The predicted octanol–water partition coefficient (Wildman–Crippen LogP) is -0.0966. The van der Waals surface area contributed by atoms with Gasteiger partial charge in [-0.2, -0.15) is 0 Å². The van der Waals surface area contributed by atoms with E-state index >= 15 is 0 Å². The van der Waals surface area contributed by atoms with Crippen molar-refractivity contribution in [3.05, 3.63) is 0 Å². The van der Waals surface area contributed by atoms with Crippen LogP contribution in [0.1, 0.15) is 26.2 Å². The molecule has 3 N–H and O–H groups in total. The highest BCUT2D eigenvalue weighted by atomic mass is 16.5. The van der Waals surface area contributed by atoms with Crippen LogP contribution in [-0.2, 0) is 9.47 Å². The van der Waals surface area contributed by atoms with Crippen LogP contribution >= 0.6 is 0 Å². The van der Waals surface area contributed by atoms with Gasteiger partial charge in [0.15, 0.2) is 0 Å². The number of hydrogen-bond acceptors (Lipinski definition) is 5. The summed E-state index contributed by atoms with van der Waals surface area (Å²) in [6.07, 6.45) is 2.26. The summed E-state index contributed by atoms with van der Waals surface area (Å²) in [5, 5.41) is 22.5. The summed E-state index contributed by atoms with van der Waals surface area (Å²) in [5.74, 6) is 0. The Morgan fingerprint density at radius 2 is 2.06 bits per heavy atom. The van der Waals surface area contributed by atoms with Gasteiger partial charge in [0, 0.05) is 20.2 Å². The van der Waals surface area contributed by atoms with E-state index in [-0.39, 0.29) is 12.7 Å². The lowest BCUT2D eigenvalue weighted by molar-refractivity contribution is -0.0436. The molecule has 0 aromatic rings. The number of aliphatic hydroxyl groups excluding tert-OH is 1. The smallest absolute Gasteiger partial charge is 0.0897 e. The Hall–Kier alpha value is -0.200. The van der Waals surface area contributed by atoms with Gasteiger partial charge in [-0.3, -0.25) is 0 Å². The highest BCUT2D eigenvalue weighted by Crippen LogP contribution is 2.30. The minimum absolute atomic E-state index is 0.00883. The lowest BCUT2D eigenvalue weighted by Gasteiger charge is -2.37. The molecule has 0 aromatic carbocycles. The molecule has 0 aromatic heterocycles. The van der Waals surface area contributed by atoms with Gasteiger partial charge in [-0.25, -0.2) is 0 Å². The van der Waals surface area contributed by atoms with Crippen molar-refractivity contribution in [3.63, 3.8) is 0 Å². The molecule has 0 saturated heterocycles. The zero-order chi connectivity index (χ0) is 12.7. The number of hydrogen-bond donors (Lipinski definition) is 3. The average molecular weight is 247 g/mol. The summed E-state index contributed by atoms with van der Waals surface area (Å²) < 4.78 is 10.3. The Kier molecular flexibility index (Phi) is 6.37. The molecule has 102 valence electrons. The van der Waals surface area contributed by atoms with Crippen molar-refractivity contribution in [1.82, 2.24) is 5.32 Å². The molecule has 17 heavy (non-hydrogen) atoms. The fourth-order valence-electron chi connectivity index (χ4n) is 1.85. The molecule has 5 nitrogen and oxygen atoms in total. The first kappa shape index (κ1) is 14.9. The largest absolute Gasteiger partial charge is 0.389 e. The van der Waals surface area contributed by atoms with Crippen molar-refractivity contribution in [2.45, 2.75) is 44.0 Å². The molecular formula is C12H25NO4. The van der Waals surface area contributed by atoms with Gasteiger partial charge in [-0.05, 0) is 26.2 Å². The van der Waals surface area contributed by atoms with E-state index in [0.717, 1.165) is 19.3 Å². The summed E-state index contributed by atoms with van der Waals surface area (Å²) in [4.78, 5) is 0. The highest BCUT2D eigenvalue weighted by Gasteiger charge is 2.33. The van der Waals surface area contributed by atoms with E-state index in [4.69, 9.17) is 9.47 Å². The molecule has 1 saturated carbocycles. The molecular weight excluding hydrogens is 222 g/mol. The molecule has 0 radical (unpaired) electrons. The second kappa shape index (κ2) is 7.28. The van der Waals surface area contributed by atoms with Crippen LogP contribution in [0.15, 0.2) is 0 Å². The van der Waals surface area contributed by atoms with E-state index < -0.39 is 11.7 Å². The van der Waals surface area contributed by atoms with Crippen molar-refractivity contribution in [2.24, 2.45) is 0 Å². The average Bonchev–Trinajstić information content (AvgIpc) is 2.24. The first-order chi connectivity index (χ1) is 8.06. The molecule has 1 aliphatic carbocycles. The summed E-state index contributed by atoms with van der Waals surface area (Å²) in [5.41, 5.74) is -0.538. The topological polar surface area (TPSA) is 71.0 Å². The molecule has 0 amide bonds. The Labute approximate surface area is 103 Å². The maximum Gasteiger partial charge on any atom is 0.0897 e. The standard InChI is InChI=1S/C12H25NO4/c1-10(7-16-2)17-8-11(14)6-13-9-12(15)4-3-5-12/h10-11,13-15H,3-9H2,1-2H3. The van der Waals surface area contributed by atoms with Crippen molar-refractivity contribution in [3.8, 4) is 0 Å². The van der Waals surface area contributed by atoms with Gasteiger partial charge in [0.2, 0.25) is 0 Å². The van der Waals surface area contributed by atoms with Crippen molar-refractivity contribution in [2.75, 3.05) is 33.4 Å². The number of aliphatic hydroxyl groups is 2. The van der Waals surface area contributed by atoms with E-state index in [9.17, 15) is 10.2 Å². The molecule has 0 heterocycles. The van der Waals surface area contributed by atoms with E-state index in [2.05, 4.69) is 5.32 Å². The van der Waals surface area contributed by atoms with Crippen LogP contribution in [0.3, 0.4) is 0 Å². The predicted molar refractivity (Wildman–Crippen MR) is 65.0 cm³/mol. The van der Waals surface area contributed by atoms with Crippen LogP contribution in [0, 0.1) is 0 Å².